The van der Waals surface area contributed by atoms with Gasteiger partial charge in [0.05, 0.1) is 5.69 Å². The number of fused-ring (bicyclic) bond motifs is 1. The summed E-state index contributed by atoms with van der Waals surface area (Å²) < 4.78 is 1.68. The molecule has 0 bridgehead atoms. The lowest BCUT2D eigenvalue weighted by Crippen LogP contribution is -2.29. The second-order valence-electron chi connectivity index (χ2n) is 2.91. The summed E-state index contributed by atoms with van der Waals surface area (Å²) in [4.78, 5) is 11.3. The maximum absolute atomic E-state index is 11.3. The van der Waals surface area contributed by atoms with Crippen molar-refractivity contribution in [1.29, 1.82) is 0 Å². The van der Waals surface area contributed by atoms with Crippen LogP contribution in [0.5, 0.6) is 0 Å². The van der Waals surface area contributed by atoms with E-state index in [0.29, 0.717) is 5.69 Å². The standard InChI is InChI=1S/C8H11N3O/c9-6-2-3-7(12)11-5-1-4-10-8(6)11/h2-3,10H,1,4-5,9H2. The Morgan fingerprint density at radius 3 is 3.08 bits per heavy atom. The summed E-state index contributed by atoms with van der Waals surface area (Å²) in [5.41, 5.74) is 6.36. The summed E-state index contributed by atoms with van der Waals surface area (Å²) in [5, 5.41) is 3.11. The van der Waals surface area contributed by atoms with Crippen LogP contribution in [0.1, 0.15) is 6.42 Å². The number of rotatable bonds is 0. The van der Waals surface area contributed by atoms with Crippen molar-refractivity contribution in [2.24, 2.45) is 0 Å². The Bertz CT molecular complexity index is 356. The molecule has 1 aromatic rings. The van der Waals surface area contributed by atoms with Gasteiger partial charge in [-0.2, -0.15) is 0 Å². The van der Waals surface area contributed by atoms with Crippen molar-refractivity contribution in [3.05, 3.63) is 22.5 Å². The summed E-state index contributed by atoms with van der Waals surface area (Å²) in [6.07, 6.45) is 0.982. The van der Waals surface area contributed by atoms with Gasteiger partial charge in [0.15, 0.2) is 0 Å². The zero-order valence-electron chi connectivity index (χ0n) is 6.71. The maximum Gasteiger partial charge on any atom is 0.252 e. The van der Waals surface area contributed by atoms with Gasteiger partial charge in [-0.3, -0.25) is 9.36 Å². The summed E-state index contributed by atoms with van der Waals surface area (Å²) in [5.74, 6) is 0.772. The monoisotopic (exact) mass is 165 g/mol. The van der Waals surface area contributed by atoms with Crippen molar-refractivity contribution >= 4 is 11.5 Å². The number of hydrogen-bond acceptors (Lipinski definition) is 3. The van der Waals surface area contributed by atoms with Gasteiger partial charge < -0.3 is 11.1 Å². The predicted molar refractivity (Wildman–Crippen MR) is 48.2 cm³/mol. The van der Waals surface area contributed by atoms with Crippen molar-refractivity contribution in [3.63, 3.8) is 0 Å². The van der Waals surface area contributed by atoms with E-state index in [1.54, 1.807) is 10.6 Å². The number of hydrogen-bond donors (Lipinski definition) is 2. The summed E-state index contributed by atoms with van der Waals surface area (Å²) in [6.45, 7) is 1.67. The summed E-state index contributed by atoms with van der Waals surface area (Å²) in [7, 11) is 0. The number of nitrogen functional groups attached to an aromatic ring is 1. The van der Waals surface area contributed by atoms with E-state index >= 15 is 0 Å². The van der Waals surface area contributed by atoms with E-state index in [1.165, 1.54) is 6.07 Å². The van der Waals surface area contributed by atoms with Gasteiger partial charge >= 0.3 is 0 Å². The van der Waals surface area contributed by atoms with Gasteiger partial charge in [0.1, 0.15) is 5.82 Å². The van der Waals surface area contributed by atoms with Gasteiger partial charge in [-0.05, 0) is 12.5 Å². The van der Waals surface area contributed by atoms with Crippen LogP contribution < -0.4 is 16.6 Å². The van der Waals surface area contributed by atoms with Crippen molar-refractivity contribution in [2.75, 3.05) is 17.6 Å². The highest BCUT2D eigenvalue weighted by Gasteiger charge is 2.10. The lowest BCUT2D eigenvalue weighted by atomic mass is 10.3. The molecule has 0 unspecified atom stereocenters. The molecule has 1 aromatic heterocycles. The minimum atomic E-state index is 0.0198. The first kappa shape index (κ1) is 7.21. The largest absolute Gasteiger partial charge is 0.396 e. The smallest absolute Gasteiger partial charge is 0.252 e. The Labute approximate surface area is 70.0 Å². The van der Waals surface area contributed by atoms with Gasteiger partial charge in [-0.1, -0.05) is 0 Å². The third-order valence-corrected chi connectivity index (χ3v) is 2.07. The van der Waals surface area contributed by atoms with Crippen LogP contribution in [-0.2, 0) is 6.54 Å². The molecule has 0 atom stereocenters. The average molecular weight is 165 g/mol. The van der Waals surface area contributed by atoms with Crippen LogP contribution in [0.15, 0.2) is 16.9 Å². The second kappa shape index (κ2) is 2.55. The van der Waals surface area contributed by atoms with E-state index in [0.717, 1.165) is 25.3 Å². The van der Waals surface area contributed by atoms with Crippen molar-refractivity contribution in [3.8, 4) is 0 Å². The van der Waals surface area contributed by atoms with E-state index in [4.69, 9.17) is 5.73 Å². The first-order chi connectivity index (χ1) is 5.79. The summed E-state index contributed by atoms with van der Waals surface area (Å²) in [6, 6.07) is 3.15. The molecule has 4 heteroatoms. The van der Waals surface area contributed by atoms with Crippen molar-refractivity contribution in [1.82, 2.24) is 4.57 Å². The zero-order valence-corrected chi connectivity index (χ0v) is 6.71. The molecule has 1 aliphatic rings. The van der Waals surface area contributed by atoms with Gasteiger partial charge in [0.25, 0.3) is 5.56 Å². The van der Waals surface area contributed by atoms with Crippen molar-refractivity contribution < 1.29 is 0 Å². The number of pyridine rings is 1. The lowest BCUT2D eigenvalue weighted by Gasteiger charge is -2.20. The molecule has 4 nitrogen and oxygen atoms in total. The third-order valence-electron chi connectivity index (χ3n) is 2.07. The Kier molecular flexibility index (Phi) is 1.53. The van der Waals surface area contributed by atoms with Crippen LogP contribution in [-0.4, -0.2) is 11.1 Å². The fourth-order valence-electron chi connectivity index (χ4n) is 1.46. The fourth-order valence-corrected chi connectivity index (χ4v) is 1.46. The fraction of sp³-hybridized carbons (Fsp3) is 0.375. The normalized spacial score (nSPS) is 15.0. The Morgan fingerprint density at radius 2 is 2.33 bits per heavy atom. The highest BCUT2D eigenvalue weighted by molar-refractivity contribution is 5.61. The highest BCUT2D eigenvalue weighted by Crippen LogP contribution is 2.18. The molecule has 0 saturated heterocycles. The van der Waals surface area contributed by atoms with Crippen LogP contribution in [0, 0.1) is 0 Å². The van der Waals surface area contributed by atoms with Crippen LogP contribution in [0.2, 0.25) is 0 Å². The molecule has 3 N–H and O–H groups in total. The Morgan fingerprint density at radius 1 is 1.50 bits per heavy atom. The molecule has 2 heterocycles. The molecule has 64 valence electrons. The lowest BCUT2D eigenvalue weighted by molar-refractivity contribution is 0.610. The molecule has 0 saturated carbocycles. The minimum Gasteiger partial charge on any atom is -0.396 e. The first-order valence-corrected chi connectivity index (χ1v) is 4.02. The number of aromatic nitrogens is 1. The quantitative estimate of drug-likeness (QED) is 0.579. The molecule has 0 spiro atoms. The Balaban J connectivity index is 2.64. The average Bonchev–Trinajstić information content (AvgIpc) is 2.12. The topological polar surface area (TPSA) is 60.1 Å². The van der Waals surface area contributed by atoms with E-state index in [2.05, 4.69) is 5.32 Å². The second-order valence-corrected chi connectivity index (χ2v) is 2.91. The van der Waals surface area contributed by atoms with Crippen LogP contribution >= 0.6 is 0 Å². The first-order valence-electron chi connectivity index (χ1n) is 4.02. The SMILES string of the molecule is Nc1ccc(=O)n2c1NCCC2. The summed E-state index contributed by atoms with van der Waals surface area (Å²) >= 11 is 0. The number of nitrogens with two attached hydrogens (primary N) is 1. The third kappa shape index (κ3) is 0.958. The highest BCUT2D eigenvalue weighted by atomic mass is 16.1. The maximum atomic E-state index is 11.3. The van der Waals surface area contributed by atoms with Gasteiger partial charge in [0, 0.05) is 19.2 Å². The predicted octanol–water partition coefficient (Wildman–Crippen LogP) is 0.246. The van der Waals surface area contributed by atoms with E-state index in [1.807, 2.05) is 0 Å². The molecule has 1 aliphatic heterocycles. The number of nitrogens with zero attached hydrogens (tertiary/aromatic N) is 1. The number of anilines is 2. The van der Waals surface area contributed by atoms with Crippen LogP contribution in [0.4, 0.5) is 11.5 Å². The minimum absolute atomic E-state index is 0.0198. The van der Waals surface area contributed by atoms with Crippen molar-refractivity contribution in [2.45, 2.75) is 13.0 Å². The van der Waals surface area contributed by atoms with Gasteiger partial charge in [-0.15, -0.1) is 0 Å². The van der Waals surface area contributed by atoms with Gasteiger partial charge in [-0.25, -0.2) is 0 Å². The molecule has 0 radical (unpaired) electrons. The van der Waals surface area contributed by atoms with Gasteiger partial charge in [0.2, 0.25) is 0 Å². The molecule has 0 fully saturated rings. The molecule has 0 amide bonds. The molecule has 2 rings (SSSR count). The molecular weight excluding hydrogens is 154 g/mol. The molecule has 0 aromatic carbocycles. The van der Waals surface area contributed by atoms with Crippen LogP contribution in [0.25, 0.3) is 0 Å². The van der Waals surface area contributed by atoms with E-state index in [9.17, 15) is 4.79 Å². The molecular formula is C8H11N3O. The zero-order chi connectivity index (χ0) is 8.55. The molecule has 0 aliphatic carbocycles. The Hall–Kier alpha value is -1.45. The van der Waals surface area contributed by atoms with E-state index < -0.39 is 0 Å². The molecule has 12 heavy (non-hydrogen) atoms. The van der Waals surface area contributed by atoms with Crippen LogP contribution in [0.3, 0.4) is 0 Å². The van der Waals surface area contributed by atoms with E-state index in [-0.39, 0.29) is 5.56 Å². The number of nitrogens with one attached hydrogen (secondary N) is 1.